The molecule has 7 heteroatoms. The Kier molecular flexibility index (Phi) is 3.56. The molecule has 5 nitrogen and oxygen atoms in total. The molecule has 1 aliphatic heterocycles. The number of amides is 1. The number of hydrogen-bond donors (Lipinski definition) is 0. The first-order chi connectivity index (χ1) is 10.4. The number of benzene rings is 1. The summed E-state index contributed by atoms with van der Waals surface area (Å²) in [6.07, 6.45) is 1.15. The maximum absolute atomic E-state index is 13.5. The number of carbonyl (C=O) groups is 1. The standard InChI is InChI=1S/C15H14F2N2O3/c1-8-7-19(15(20)3-10-6-18-9(2)22-10)13-4-11(16)12(17)5-14(13)21-8/h4-6,8H,3,7H2,1-2H3. The van der Waals surface area contributed by atoms with Crippen LogP contribution in [0.15, 0.2) is 22.7 Å². The summed E-state index contributed by atoms with van der Waals surface area (Å²) in [4.78, 5) is 17.8. The summed E-state index contributed by atoms with van der Waals surface area (Å²) in [5, 5.41) is 0. The van der Waals surface area contributed by atoms with Crippen LogP contribution in [-0.2, 0) is 11.2 Å². The average Bonchev–Trinajstić information content (AvgIpc) is 2.85. The molecule has 0 saturated carbocycles. The maximum Gasteiger partial charge on any atom is 0.234 e. The van der Waals surface area contributed by atoms with Gasteiger partial charge in [0.1, 0.15) is 17.6 Å². The molecular formula is C15H14F2N2O3. The number of nitrogens with zero attached hydrogens (tertiary/aromatic N) is 2. The fourth-order valence-corrected chi connectivity index (χ4v) is 2.40. The van der Waals surface area contributed by atoms with Crippen molar-refractivity contribution in [1.82, 2.24) is 4.98 Å². The van der Waals surface area contributed by atoms with E-state index in [1.165, 1.54) is 11.1 Å². The van der Waals surface area contributed by atoms with E-state index in [-0.39, 0.29) is 36.4 Å². The van der Waals surface area contributed by atoms with E-state index in [1.54, 1.807) is 13.8 Å². The Morgan fingerprint density at radius 2 is 2.14 bits per heavy atom. The molecule has 0 N–H and O–H groups in total. The first kappa shape index (κ1) is 14.5. The molecule has 116 valence electrons. The smallest absolute Gasteiger partial charge is 0.234 e. The lowest BCUT2D eigenvalue weighted by Gasteiger charge is -2.33. The minimum Gasteiger partial charge on any atom is -0.487 e. The highest BCUT2D eigenvalue weighted by Gasteiger charge is 2.29. The fraction of sp³-hybridized carbons (Fsp3) is 0.333. The van der Waals surface area contributed by atoms with Gasteiger partial charge in [-0.15, -0.1) is 0 Å². The molecule has 2 aromatic rings. The Labute approximate surface area is 125 Å². The first-order valence-electron chi connectivity index (χ1n) is 6.81. The van der Waals surface area contributed by atoms with Gasteiger partial charge in [-0.05, 0) is 6.92 Å². The van der Waals surface area contributed by atoms with Crippen molar-refractivity contribution in [2.75, 3.05) is 11.4 Å². The molecule has 3 rings (SSSR count). The molecular weight excluding hydrogens is 294 g/mol. The monoisotopic (exact) mass is 308 g/mol. The van der Waals surface area contributed by atoms with E-state index in [1.807, 2.05) is 0 Å². The molecule has 1 unspecified atom stereocenters. The number of rotatable bonds is 2. The van der Waals surface area contributed by atoms with Gasteiger partial charge in [-0.1, -0.05) is 0 Å². The quantitative estimate of drug-likeness (QED) is 0.856. The molecule has 0 spiro atoms. The number of fused-ring (bicyclic) bond motifs is 1. The van der Waals surface area contributed by atoms with Crippen LogP contribution in [0.1, 0.15) is 18.6 Å². The van der Waals surface area contributed by atoms with Crippen molar-refractivity contribution in [3.63, 3.8) is 0 Å². The minimum absolute atomic E-state index is 0.00794. The topological polar surface area (TPSA) is 55.6 Å². The first-order valence-corrected chi connectivity index (χ1v) is 6.81. The highest BCUT2D eigenvalue weighted by molar-refractivity contribution is 5.96. The minimum atomic E-state index is -1.02. The molecule has 1 amide bonds. The maximum atomic E-state index is 13.5. The van der Waals surface area contributed by atoms with Gasteiger partial charge in [-0.25, -0.2) is 13.8 Å². The Morgan fingerprint density at radius 1 is 1.41 bits per heavy atom. The Balaban J connectivity index is 1.91. The van der Waals surface area contributed by atoms with Crippen LogP contribution in [0.3, 0.4) is 0 Å². The third-order valence-electron chi connectivity index (χ3n) is 3.36. The highest BCUT2D eigenvalue weighted by Crippen LogP contribution is 2.35. The van der Waals surface area contributed by atoms with E-state index in [0.717, 1.165) is 12.1 Å². The fourth-order valence-electron chi connectivity index (χ4n) is 2.40. The van der Waals surface area contributed by atoms with Crippen LogP contribution in [-0.4, -0.2) is 23.5 Å². The van der Waals surface area contributed by atoms with Crippen LogP contribution in [0.25, 0.3) is 0 Å². The van der Waals surface area contributed by atoms with Crippen molar-refractivity contribution in [2.24, 2.45) is 0 Å². The average molecular weight is 308 g/mol. The van der Waals surface area contributed by atoms with Crippen LogP contribution in [0.2, 0.25) is 0 Å². The Bertz CT molecular complexity index is 730. The molecule has 0 radical (unpaired) electrons. The van der Waals surface area contributed by atoms with Gasteiger partial charge in [0.2, 0.25) is 5.91 Å². The lowest BCUT2D eigenvalue weighted by molar-refractivity contribution is -0.118. The normalized spacial score (nSPS) is 17.1. The molecule has 2 heterocycles. The molecule has 1 aromatic carbocycles. The summed E-state index contributed by atoms with van der Waals surface area (Å²) in [6.45, 7) is 3.69. The second kappa shape index (κ2) is 5.40. The summed E-state index contributed by atoms with van der Waals surface area (Å²) in [5.74, 6) is -1.29. The number of carbonyl (C=O) groups excluding carboxylic acids is 1. The second-order valence-corrected chi connectivity index (χ2v) is 5.19. The van der Waals surface area contributed by atoms with Gasteiger partial charge in [0.25, 0.3) is 0 Å². The van der Waals surface area contributed by atoms with E-state index >= 15 is 0 Å². The van der Waals surface area contributed by atoms with E-state index in [4.69, 9.17) is 9.15 Å². The van der Waals surface area contributed by atoms with Crippen LogP contribution >= 0.6 is 0 Å². The number of ether oxygens (including phenoxy) is 1. The summed E-state index contributed by atoms with van der Waals surface area (Å²) in [5.41, 5.74) is 0.221. The molecule has 1 aromatic heterocycles. The summed E-state index contributed by atoms with van der Waals surface area (Å²) >= 11 is 0. The van der Waals surface area contributed by atoms with Crippen molar-refractivity contribution in [3.05, 3.63) is 41.6 Å². The van der Waals surface area contributed by atoms with Gasteiger partial charge in [0.15, 0.2) is 17.5 Å². The van der Waals surface area contributed by atoms with Crippen LogP contribution in [0.5, 0.6) is 5.75 Å². The Morgan fingerprint density at radius 3 is 2.82 bits per heavy atom. The number of hydrogen-bond acceptors (Lipinski definition) is 4. The Hall–Kier alpha value is -2.44. The lowest BCUT2D eigenvalue weighted by Crippen LogP contribution is -2.43. The zero-order chi connectivity index (χ0) is 15.9. The zero-order valence-corrected chi connectivity index (χ0v) is 12.1. The molecule has 0 fully saturated rings. The van der Waals surface area contributed by atoms with Crippen molar-refractivity contribution in [3.8, 4) is 5.75 Å². The van der Waals surface area contributed by atoms with Crippen molar-refractivity contribution >= 4 is 11.6 Å². The van der Waals surface area contributed by atoms with E-state index in [0.29, 0.717) is 11.7 Å². The third-order valence-corrected chi connectivity index (χ3v) is 3.36. The number of aromatic nitrogens is 1. The third kappa shape index (κ3) is 2.66. The van der Waals surface area contributed by atoms with Gasteiger partial charge in [-0.3, -0.25) is 4.79 Å². The van der Waals surface area contributed by atoms with Crippen molar-refractivity contribution in [2.45, 2.75) is 26.4 Å². The van der Waals surface area contributed by atoms with Crippen molar-refractivity contribution < 1.29 is 22.7 Å². The summed E-state index contributed by atoms with van der Waals surface area (Å²) < 4.78 is 37.5. The zero-order valence-electron chi connectivity index (χ0n) is 12.1. The van der Waals surface area contributed by atoms with Gasteiger partial charge in [0.05, 0.1) is 24.8 Å². The van der Waals surface area contributed by atoms with Gasteiger partial charge in [-0.2, -0.15) is 0 Å². The van der Waals surface area contributed by atoms with Gasteiger partial charge >= 0.3 is 0 Å². The molecule has 0 aliphatic carbocycles. The van der Waals surface area contributed by atoms with E-state index in [2.05, 4.69) is 4.98 Å². The van der Waals surface area contributed by atoms with E-state index < -0.39 is 11.6 Å². The molecule has 0 saturated heterocycles. The summed E-state index contributed by atoms with van der Waals surface area (Å²) in [7, 11) is 0. The molecule has 1 atom stereocenters. The van der Waals surface area contributed by atoms with Crippen molar-refractivity contribution in [1.29, 1.82) is 0 Å². The SMILES string of the molecule is Cc1ncc(CC(=O)N2CC(C)Oc3cc(F)c(F)cc32)o1. The largest absolute Gasteiger partial charge is 0.487 e. The van der Waals surface area contributed by atoms with Gasteiger partial charge in [0, 0.05) is 19.1 Å². The lowest BCUT2D eigenvalue weighted by atomic mass is 10.1. The van der Waals surface area contributed by atoms with Crippen LogP contribution in [0.4, 0.5) is 14.5 Å². The predicted molar refractivity (Wildman–Crippen MR) is 73.7 cm³/mol. The number of halogens is 2. The second-order valence-electron chi connectivity index (χ2n) is 5.19. The highest BCUT2D eigenvalue weighted by atomic mass is 19.2. The summed E-state index contributed by atoms with van der Waals surface area (Å²) in [6, 6.07) is 1.93. The van der Waals surface area contributed by atoms with Crippen LogP contribution in [0, 0.1) is 18.6 Å². The van der Waals surface area contributed by atoms with E-state index in [9.17, 15) is 13.6 Å². The molecule has 0 bridgehead atoms. The molecule has 22 heavy (non-hydrogen) atoms. The molecule has 1 aliphatic rings. The van der Waals surface area contributed by atoms with Crippen LogP contribution < -0.4 is 9.64 Å². The number of aryl methyl sites for hydroxylation is 1. The van der Waals surface area contributed by atoms with Gasteiger partial charge < -0.3 is 14.1 Å². The number of anilines is 1. The predicted octanol–water partition coefficient (Wildman–Crippen LogP) is 2.62. The number of oxazole rings is 1.